The monoisotopic (exact) mass is 516 g/mol. The van der Waals surface area contributed by atoms with Crippen molar-refractivity contribution in [2.75, 3.05) is 24.2 Å². The topological polar surface area (TPSA) is 79.5 Å². The standard InChI is InChI=1S/C24H25BrN2O4S/c1-16-13-18(25)5-8-23(16)27-11-9-19(10-12-27)31-20-14-22(26-24(28)15-20)17-3-6-21(7-4-17)32(2,29)30/h3-8,13-15,19H,9-12H2,1-2H3,(H,26,28). The van der Waals surface area contributed by atoms with Crippen LogP contribution in [0.5, 0.6) is 5.75 Å². The van der Waals surface area contributed by atoms with Gasteiger partial charge in [-0.05, 0) is 48.4 Å². The number of aromatic amines is 1. The summed E-state index contributed by atoms with van der Waals surface area (Å²) in [6, 6.07) is 16.0. The van der Waals surface area contributed by atoms with E-state index in [1.807, 2.05) is 0 Å². The lowest BCUT2D eigenvalue weighted by atomic mass is 10.1. The smallest absolute Gasteiger partial charge is 0.252 e. The van der Waals surface area contributed by atoms with Crippen LogP contribution < -0.4 is 15.2 Å². The first-order valence-electron chi connectivity index (χ1n) is 10.4. The van der Waals surface area contributed by atoms with E-state index in [2.05, 4.69) is 50.9 Å². The molecule has 2 heterocycles. The van der Waals surface area contributed by atoms with E-state index in [4.69, 9.17) is 4.74 Å². The maximum atomic E-state index is 12.2. The van der Waals surface area contributed by atoms with Gasteiger partial charge in [-0.15, -0.1) is 0 Å². The fourth-order valence-corrected chi connectivity index (χ4v) is 5.11. The van der Waals surface area contributed by atoms with Crippen molar-refractivity contribution in [3.8, 4) is 17.0 Å². The zero-order valence-corrected chi connectivity index (χ0v) is 20.4. The van der Waals surface area contributed by atoms with Gasteiger partial charge in [0.15, 0.2) is 9.84 Å². The number of benzene rings is 2. The molecule has 1 aliphatic heterocycles. The van der Waals surface area contributed by atoms with Crippen molar-refractivity contribution in [1.29, 1.82) is 0 Å². The molecule has 1 N–H and O–H groups in total. The van der Waals surface area contributed by atoms with Crippen molar-refractivity contribution in [2.45, 2.75) is 30.8 Å². The number of aryl methyl sites for hydroxylation is 1. The molecule has 0 unspecified atom stereocenters. The van der Waals surface area contributed by atoms with Crippen LogP contribution >= 0.6 is 15.9 Å². The van der Waals surface area contributed by atoms with Gasteiger partial charge in [0.1, 0.15) is 11.9 Å². The molecule has 1 saturated heterocycles. The molecule has 0 atom stereocenters. The van der Waals surface area contributed by atoms with E-state index in [9.17, 15) is 13.2 Å². The van der Waals surface area contributed by atoms with Gasteiger partial charge in [-0.3, -0.25) is 4.79 Å². The number of rotatable bonds is 5. The van der Waals surface area contributed by atoms with E-state index in [1.54, 1.807) is 18.2 Å². The summed E-state index contributed by atoms with van der Waals surface area (Å²) >= 11 is 3.51. The number of nitrogens with zero attached hydrogens (tertiary/aromatic N) is 1. The quantitative estimate of drug-likeness (QED) is 0.537. The highest BCUT2D eigenvalue weighted by Crippen LogP contribution is 2.28. The van der Waals surface area contributed by atoms with Crippen LogP contribution in [0, 0.1) is 6.92 Å². The SMILES string of the molecule is Cc1cc(Br)ccc1N1CCC(Oc2cc(-c3ccc(S(C)(=O)=O)cc3)[nH]c(=O)c2)CC1. The van der Waals surface area contributed by atoms with Crippen LogP contribution in [-0.4, -0.2) is 38.9 Å². The summed E-state index contributed by atoms with van der Waals surface area (Å²) in [5, 5.41) is 0. The molecule has 6 nitrogen and oxygen atoms in total. The lowest BCUT2D eigenvalue weighted by Gasteiger charge is -2.34. The number of sulfone groups is 1. The number of ether oxygens (including phenoxy) is 1. The Morgan fingerprint density at radius 1 is 1.03 bits per heavy atom. The van der Waals surface area contributed by atoms with Crippen molar-refractivity contribution in [3.63, 3.8) is 0 Å². The third-order valence-electron chi connectivity index (χ3n) is 5.66. The van der Waals surface area contributed by atoms with Crippen molar-refractivity contribution in [3.05, 3.63) is 75.0 Å². The summed E-state index contributed by atoms with van der Waals surface area (Å²) in [7, 11) is -3.27. The molecule has 1 fully saturated rings. The van der Waals surface area contributed by atoms with Gasteiger partial charge in [-0.2, -0.15) is 0 Å². The lowest BCUT2D eigenvalue weighted by Crippen LogP contribution is -2.38. The summed E-state index contributed by atoms with van der Waals surface area (Å²) in [5.74, 6) is 0.522. The van der Waals surface area contributed by atoms with Gasteiger partial charge in [-0.1, -0.05) is 28.1 Å². The molecule has 0 radical (unpaired) electrons. The van der Waals surface area contributed by atoms with Crippen LogP contribution in [0.15, 0.2) is 68.8 Å². The van der Waals surface area contributed by atoms with Crippen LogP contribution in [0.3, 0.4) is 0 Å². The molecule has 168 valence electrons. The Labute approximate surface area is 196 Å². The van der Waals surface area contributed by atoms with Gasteiger partial charge in [0.05, 0.1) is 10.6 Å². The molecule has 4 rings (SSSR count). The molecule has 0 bridgehead atoms. The number of H-pyrrole nitrogens is 1. The minimum atomic E-state index is -3.27. The Hall–Kier alpha value is -2.58. The van der Waals surface area contributed by atoms with Gasteiger partial charge in [-0.25, -0.2) is 8.42 Å². The summed E-state index contributed by atoms with van der Waals surface area (Å²) in [4.78, 5) is 17.6. The number of nitrogens with one attached hydrogen (secondary N) is 1. The molecule has 2 aromatic carbocycles. The van der Waals surface area contributed by atoms with Crippen LogP contribution in [0.2, 0.25) is 0 Å². The van der Waals surface area contributed by atoms with Gasteiger partial charge in [0.2, 0.25) is 0 Å². The molecule has 3 aromatic rings. The summed E-state index contributed by atoms with van der Waals surface area (Å²) < 4.78 is 30.6. The third-order valence-corrected chi connectivity index (χ3v) is 7.28. The molecule has 1 aromatic heterocycles. The van der Waals surface area contributed by atoms with Gasteiger partial charge in [0, 0.05) is 54.5 Å². The second-order valence-corrected chi connectivity index (χ2v) is 11.1. The van der Waals surface area contributed by atoms with E-state index in [-0.39, 0.29) is 16.6 Å². The zero-order valence-electron chi connectivity index (χ0n) is 18.0. The average Bonchev–Trinajstić information content (AvgIpc) is 2.74. The molecular weight excluding hydrogens is 492 g/mol. The second kappa shape index (κ2) is 9.11. The number of pyridine rings is 1. The maximum Gasteiger partial charge on any atom is 0.252 e. The fourth-order valence-electron chi connectivity index (χ4n) is 4.00. The largest absolute Gasteiger partial charge is 0.490 e. The van der Waals surface area contributed by atoms with E-state index >= 15 is 0 Å². The Morgan fingerprint density at radius 2 is 1.72 bits per heavy atom. The van der Waals surface area contributed by atoms with Crippen molar-refractivity contribution in [1.82, 2.24) is 4.98 Å². The molecule has 0 saturated carbocycles. The van der Waals surface area contributed by atoms with Crippen LogP contribution in [-0.2, 0) is 9.84 Å². The number of halogens is 1. The number of hydrogen-bond acceptors (Lipinski definition) is 5. The number of anilines is 1. The van der Waals surface area contributed by atoms with E-state index < -0.39 is 9.84 Å². The Morgan fingerprint density at radius 3 is 2.34 bits per heavy atom. The molecule has 8 heteroatoms. The average molecular weight is 517 g/mol. The Balaban J connectivity index is 1.45. The van der Waals surface area contributed by atoms with Crippen LogP contribution in [0.25, 0.3) is 11.3 Å². The molecule has 0 spiro atoms. The summed E-state index contributed by atoms with van der Waals surface area (Å²) in [5.41, 5.74) is 3.53. The minimum absolute atomic E-state index is 0.0317. The highest BCUT2D eigenvalue weighted by molar-refractivity contribution is 9.10. The predicted molar refractivity (Wildman–Crippen MR) is 130 cm³/mol. The number of piperidine rings is 1. The van der Waals surface area contributed by atoms with Crippen molar-refractivity contribution in [2.24, 2.45) is 0 Å². The molecule has 0 amide bonds. The zero-order chi connectivity index (χ0) is 22.9. The van der Waals surface area contributed by atoms with Crippen molar-refractivity contribution < 1.29 is 13.2 Å². The van der Waals surface area contributed by atoms with E-state index in [1.165, 1.54) is 35.7 Å². The Kier molecular flexibility index (Phi) is 6.44. The summed E-state index contributed by atoms with van der Waals surface area (Å²) in [6.45, 7) is 3.88. The first-order valence-corrected chi connectivity index (χ1v) is 13.1. The molecule has 1 aliphatic rings. The van der Waals surface area contributed by atoms with Crippen molar-refractivity contribution >= 4 is 31.5 Å². The molecular formula is C24H25BrN2O4S. The first-order chi connectivity index (χ1) is 15.2. The fraction of sp³-hybridized carbons (Fsp3) is 0.292. The molecule has 0 aliphatic carbocycles. The highest BCUT2D eigenvalue weighted by atomic mass is 79.9. The van der Waals surface area contributed by atoms with Crippen LogP contribution in [0.1, 0.15) is 18.4 Å². The van der Waals surface area contributed by atoms with E-state index in [0.717, 1.165) is 36.0 Å². The predicted octanol–water partition coefficient (Wildman–Crippen LogP) is 4.56. The third kappa shape index (κ3) is 5.24. The van der Waals surface area contributed by atoms with Crippen LogP contribution in [0.4, 0.5) is 5.69 Å². The highest BCUT2D eigenvalue weighted by Gasteiger charge is 2.22. The Bertz CT molecular complexity index is 1280. The van der Waals surface area contributed by atoms with Gasteiger partial charge < -0.3 is 14.6 Å². The number of aromatic nitrogens is 1. The van der Waals surface area contributed by atoms with Gasteiger partial charge in [0.25, 0.3) is 5.56 Å². The maximum absolute atomic E-state index is 12.2. The number of hydrogen-bond donors (Lipinski definition) is 1. The minimum Gasteiger partial charge on any atom is -0.490 e. The normalized spacial score (nSPS) is 15.0. The molecule has 32 heavy (non-hydrogen) atoms. The first kappa shape index (κ1) is 22.6. The summed E-state index contributed by atoms with van der Waals surface area (Å²) in [6.07, 6.45) is 2.92. The van der Waals surface area contributed by atoms with Gasteiger partial charge >= 0.3 is 0 Å². The lowest BCUT2D eigenvalue weighted by molar-refractivity contribution is 0.170. The second-order valence-electron chi connectivity index (χ2n) is 8.13. The van der Waals surface area contributed by atoms with E-state index in [0.29, 0.717) is 11.4 Å².